The van der Waals surface area contributed by atoms with E-state index in [0.29, 0.717) is 22.2 Å². The molecule has 12 heteroatoms. The van der Waals surface area contributed by atoms with Gasteiger partial charge in [-0.15, -0.1) is 21.5 Å². The lowest BCUT2D eigenvalue weighted by Gasteiger charge is -2.06. The average Bonchev–Trinajstić information content (AvgIpc) is 3.26. The van der Waals surface area contributed by atoms with Crippen molar-refractivity contribution in [3.8, 4) is 11.5 Å². The molecule has 30 heavy (non-hydrogen) atoms. The molecule has 3 aromatic rings. The summed E-state index contributed by atoms with van der Waals surface area (Å²) in [7, 11) is 3.00. The molecule has 2 amide bonds. The Bertz CT molecular complexity index is 1110. The lowest BCUT2D eigenvalue weighted by atomic mass is 10.1. The molecule has 0 bridgehead atoms. The molecular formula is C18H18N6O4S2. The third-order valence-corrected chi connectivity index (χ3v) is 6.32. The van der Waals surface area contributed by atoms with Crippen LogP contribution in [0.15, 0.2) is 29.6 Å². The molecule has 3 N–H and O–H groups in total. The van der Waals surface area contributed by atoms with Gasteiger partial charge < -0.3 is 20.4 Å². The number of nitrogens with two attached hydrogens (primary N) is 1. The zero-order chi connectivity index (χ0) is 21.8. The molecule has 0 saturated carbocycles. The molecule has 0 atom stereocenters. The molecule has 3 heterocycles. The second kappa shape index (κ2) is 9.05. The second-order valence-electron chi connectivity index (χ2n) is 6.03. The van der Waals surface area contributed by atoms with Crippen LogP contribution < -0.4 is 11.1 Å². The van der Waals surface area contributed by atoms with E-state index < -0.39 is 11.9 Å². The number of ether oxygens (including phenoxy) is 1. The van der Waals surface area contributed by atoms with Gasteiger partial charge >= 0.3 is 5.97 Å². The maximum Gasteiger partial charge on any atom is 0.341 e. The number of nitrogens with one attached hydrogen (secondary N) is 1. The maximum absolute atomic E-state index is 12.5. The first kappa shape index (κ1) is 21.5. The van der Waals surface area contributed by atoms with E-state index in [1.54, 1.807) is 30.8 Å². The number of pyridine rings is 1. The van der Waals surface area contributed by atoms with Crippen molar-refractivity contribution < 1.29 is 19.1 Å². The Morgan fingerprint density at radius 1 is 1.30 bits per heavy atom. The summed E-state index contributed by atoms with van der Waals surface area (Å²) in [4.78, 5) is 40.6. The van der Waals surface area contributed by atoms with E-state index in [-0.39, 0.29) is 27.1 Å². The highest BCUT2D eigenvalue weighted by Gasteiger charge is 2.25. The van der Waals surface area contributed by atoms with Gasteiger partial charge in [-0.05, 0) is 24.6 Å². The number of thiophene rings is 1. The van der Waals surface area contributed by atoms with Gasteiger partial charge in [-0.2, -0.15) is 0 Å². The van der Waals surface area contributed by atoms with Crippen molar-refractivity contribution >= 4 is 45.9 Å². The van der Waals surface area contributed by atoms with E-state index in [2.05, 4.69) is 20.5 Å². The Hall–Kier alpha value is -3.25. The average molecular weight is 447 g/mol. The van der Waals surface area contributed by atoms with Crippen LogP contribution >= 0.6 is 23.1 Å². The van der Waals surface area contributed by atoms with Crippen LogP contribution in [0.2, 0.25) is 0 Å². The van der Waals surface area contributed by atoms with Crippen LogP contribution in [0.5, 0.6) is 0 Å². The Morgan fingerprint density at radius 3 is 2.70 bits per heavy atom. The van der Waals surface area contributed by atoms with Crippen LogP contribution in [0.25, 0.3) is 11.5 Å². The van der Waals surface area contributed by atoms with E-state index in [4.69, 9.17) is 10.5 Å². The summed E-state index contributed by atoms with van der Waals surface area (Å²) in [6, 6.07) is 5.47. The first-order valence-electron chi connectivity index (χ1n) is 8.58. The lowest BCUT2D eigenvalue weighted by molar-refractivity contribution is -0.113. The van der Waals surface area contributed by atoms with E-state index in [1.165, 1.54) is 18.9 Å². The number of carbonyl (C=O) groups excluding carboxylic acids is 3. The number of nitrogens with zero attached hydrogens (tertiary/aromatic N) is 4. The largest absolute Gasteiger partial charge is 0.465 e. The van der Waals surface area contributed by atoms with Crippen molar-refractivity contribution in [3.05, 3.63) is 40.4 Å². The van der Waals surface area contributed by atoms with Crippen molar-refractivity contribution in [2.75, 3.05) is 18.2 Å². The number of rotatable bonds is 7. The standard InChI is InChI=1S/C18H18N6O4S2/c1-9-12(17(27)28-3)16(30-13(9)14(19)26)21-11(25)8-29-18-23-22-15(24(18)2)10-6-4-5-7-20-10/h4-7H,8H2,1-3H3,(H2,19,26)(H,21,25). The predicted octanol–water partition coefficient (Wildman–Crippen LogP) is 1.86. The van der Waals surface area contributed by atoms with Gasteiger partial charge in [0.05, 0.1) is 23.3 Å². The maximum atomic E-state index is 12.5. The number of amides is 2. The summed E-state index contributed by atoms with van der Waals surface area (Å²) in [6.45, 7) is 1.58. The number of aromatic nitrogens is 4. The summed E-state index contributed by atoms with van der Waals surface area (Å²) < 4.78 is 6.49. The topological polar surface area (TPSA) is 142 Å². The smallest absolute Gasteiger partial charge is 0.341 e. The second-order valence-corrected chi connectivity index (χ2v) is 8.00. The number of primary amides is 1. The highest BCUT2D eigenvalue weighted by atomic mass is 32.2. The van der Waals surface area contributed by atoms with Gasteiger partial charge in [0.25, 0.3) is 5.91 Å². The van der Waals surface area contributed by atoms with Crippen LogP contribution in [0.3, 0.4) is 0 Å². The zero-order valence-corrected chi connectivity index (χ0v) is 18.0. The molecule has 10 nitrogen and oxygen atoms in total. The Kier molecular flexibility index (Phi) is 6.47. The van der Waals surface area contributed by atoms with E-state index in [0.717, 1.165) is 11.3 Å². The minimum absolute atomic E-state index is 0.0116. The molecule has 0 spiro atoms. The molecule has 3 rings (SSSR count). The highest BCUT2D eigenvalue weighted by Crippen LogP contribution is 2.33. The molecule has 0 aliphatic rings. The van der Waals surface area contributed by atoms with E-state index >= 15 is 0 Å². The van der Waals surface area contributed by atoms with Crippen molar-refractivity contribution in [3.63, 3.8) is 0 Å². The van der Waals surface area contributed by atoms with Crippen molar-refractivity contribution in [1.82, 2.24) is 19.7 Å². The first-order valence-corrected chi connectivity index (χ1v) is 10.4. The first-order chi connectivity index (χ1) is 14.3. The number of thioether (sulfide) groups is 1. The van der Waals surface area contributed by atoms with Crippen molar-refractivity contribution in [1.29, 1.82) is 0 Å². The number of hydrogen-bond donors (Lipinski definition) is 2. The Balaban J connectivity index is 1.73. The SMILES string of the molecule is COC(=O)c1c(NC(=O)CSc2nnc(-c3ccccn3)n2C)sc(C(N)=O)c1C. The molecule has 0 aromatic carbocycles. The molecule has 0 unspecified atom stereocenters. The van der Waals surface area contributed by atoms with Gasteiger partial charge in [0.2, 0.25) is 5.91 Å². The number of methoxy groups -OCH3 is 1. The van der Waals surface area contributed by atoms with Gasteiger partial charge in [-0.1, -0.05) is 17.8 Å². The van der Waals surface area contributed by atoms with Crippen molar-refractivity contribution in [2.45, 2.75) is 12.1 Å². The fourth-order valence-electron chi connectivity index (χ4n) is 2.64. The summed E-state index contributed by atoms with van der Waals surface area (Å²) in [6.07, 6.45) is 1.66. The predicted molar refractivity (Wildman–Crippen MR) is 113 cm³/mol. The molecule has 0 radical (unpaired) electrons. The minimum Gasteiger partial charge on any atom is -0.465 e. The third-order valence-electron chi connectivity index (χ3n) is 4.07. The van der Waals surface area contributed by atoms with Gasteiger partial charge in [-0.25, -0.2) is 4.79 Å². The summed E-state index contributed by atoms with van der Waals surface area (Å²) >= 11 is 2.11. The van der Waals surface area contributed by atoms with Crippen LogP contribution in [-0.2, 0) is 16.6 Å². The number of anilines is 1. The van der Waals surface area contributed by atoms with Gasteiger partial charge in [0.1, 0.15) is 10.7 Å². The van der Waals surface area contributed by atoms with E-state index in [1.807, 2.05) is 12.1 Å². The number of hydrogen-bond acceptors (Lipinski definition) is 9. The minimum atomic E-state index is -0.682. The Morgan fingerprint density at radius 2 is 2.07 bits per heavy atom. The van der Waals surface area contributed by atoms with E-state index in [9.17, 15) is 14.4 Å². The lowest BCUT2D eigenvalue weighted by Crippen LogP contribution is -2.16. The molecule has 0 fully saturated rings. The van der Waals surface area contributed by atoms with Gasteiger partial charge in [0, 0.05) is 13.2 Å². The summed E-state index contributed by atoms with van der Waals surface area (Å²) in [5.41, 5.74) is 6.50. The molecule has 156 valence electrons. The molecule has 0 aliphatic carbocycles. The van der Waals surface area contributed by atoms with Crippen LogP contribution in [0, 0.1) is 6.92 Å². The van der Waals surface area contributed by atoms with Crippen LogP contribution in [0.4, 0.5) is 5.00 Å². The molecular weight excluding hydrogens is 428 g/mol. The quantitative estimate of drug-likeness (QED) is 0.414. The third kappa shape index (κ3) is 4.33. The van der Waals surface area contributed by atoms with Crippen LogP contribution in [-0.4, -0.2) is 50.4 Å². The molecule has 3 aromatic heterocycles. The fourth-order valence-corrected chi connectivity index (χ4v) is 4.41. The normalized spacial score (nSPS) is 10.6. The summed E-state index contributed by atoms with van der Waals surface area (Å²) in [5.74, 6) is -1.14. The Labute approximate surface area is 179 Å². The summed E-state index contributed by atoms with van der Waals surface area (Å²) in [5, 5.41) is 11.6. The van der Waals surface area contributed by atoms with Crippen molar-refractivity contribution in [2.24, 2.45) is 12.8 Å². The molecule has 0 saturated heterocycles. The molecule has 0 aliphatic heterocycles. The van der Waals surface area contributed by atoms with Gasteiger partial charge in [0.15, 0.2) is 11.0 Å². The van der Waals surface area contributed by atoms with Crippen LogP contribution in [0.1, 0.15) is 25.6 Å². The highest BCUT2D eigenvalue weighted by molar-refractivity contribution is 7.99. The number of carbonyl (C=O) groups is 3. The number of esters is 1. The monoisotopic (exact) mass is 446 g/mol. The van der Waals surface area contributed by atoms with Gasteiger partial charge in [-0.3, -0.25) is 14.6 Å². The zero-order valence-electron chi connectivity index (χ0n) is 16.3. The fraction of sp³-hybridized carbons (Fsp3) is 0.222.